The number of rotatable bonds is 2. The first-order chi connectivity index (χ1) is 10.7. The van der Waals surface area contributed by atoms with Gasteiger partial charge in [0.25, 0.3) is 0 Å². The number of anilines is 1. The minimum atomic E-state index is -1.07. The number of carboxylic acids is 1. The maximum Gasteiger partial charge on any atom is 0.356 e. The molecule has 22 heavy (non-hydrogen) atoms. The Balaban J connectivity index is 1.67. The zero-order valence-electron chi connectivity index (χ0n) is 11.7. The molecule has 0 unspecified atom stereocenters. The van der Waals surface area contributed by atoms with E-state index in [1.807, 2.05) is 18.2 Å². The molecule has 0 atom stereocenters. The lowest BCUT2D eigenvalue weighted by atomic mass is 10.0. The van der Waals surface area contributed by atoms with Gasteiger partial charge in [0.2, 0.25) is 0 Å². The van der Waals surface area contributed by atoms with Gasteiger partial charge in [-0.25, -0.2) is 4.79 Å². The van der Waals surface area contributed by atoms with Gasteiger partial charge in [0.05, 0.1) is 0 Å². The summed E-state index contributed by atoms with van der Waals surface area (Å²) in [6.45, 7) is 1.46. The van der Waals surface area contributed by atoms with Crippen LogP contribution in [0.4, 0.5) is 5.82 Å². The summed E-state index contributed by atoms with van der Waals surface area (Å²) in [7, 11) is 0. The predicted octanol–water partition coefficient (Wildman–Crippen LogP) is 2.48. The normalized spacial score (nSPS) is 14.1. The highest BCUT2D eigenvalue weighted by atomic mass is 16.4. The van der Waals surface area contributed by atoms with Crippen LogP contribution in [0.2, 0.25) is 0 Å². The van der Waals surface area contributed by atoms with E-state index in [1.165, 1.54) is 11.6 Å². The number of para-hydroxylation sites is 1. The SMILES string of the molecule is O=C(O)c1ccc(N2CCc3oc4ccccc4c3C2)nn1. The van der Waals surface area contributed by atoms with Gasteiger partial charge >= 0.3 is 5.97 Å². The number of fused-ring (bicyclic) bond motifs is 3. The molecule has 1 aromatic carbocycles. The number of aromatic carboxylic acids is 1. The van der Waals surface area contributed by atoms with Crippen molar-refractivity contribution in [3.63, 3.8) is 0 Å². The van der Waals surface area contributed by atoms with Gasteiger partial charge < -0.3 is 14.4 Å². The van der Waals surface area contributed by atoms with Crippen LogP contribution in [0, 0.1) is 0 Å². The van der Waals surface area contributed by atoms with E-state index < -0.39 is 5.97 Å². The van der Waals surface area contributed by atoms with Gasteiger partial charge in [-0.3, -0.25) is 0 Å². The molecular weight excluding hydrogens is 282 g/mol. The van der Waals surface area contributed by atoms with Gasteiger partial charge in [-0.05, 0) is 18.2 Å². The first-order valence-electron chi connectivity index (χ1n) is 7.03. The summed E-state index contributed by atoms with van der Waals surface area (Å²) in [5.74, 6) is 0.634. The third kappa shape index (κ3) is 2.00. The Bertz CT molecular complexity index is 855. The number of carboxylic acid groups (broad SMARTS) is 1. The molecule has 1 N–H and O–H groups in total. The number of furan rings is 1. The Labute approximate surface area is 126 Å². The molecule has 6 heteroatoms. The highest BCUT2D eigenvalue weighted by Gasteiger charge is 2.23. The van der Waals surface area contributed by atoms with E-state index in [2.05, 4.69) is 21.2 Å². The second-order valence-electron chi connectivity index (χ2n) is 5.25. The van der Waals surface area contributed by atoms with Crippen LogP contribution in [0.15, 0.2) is 40.8 Å². The Morgan fingerprint density at radius 1 is 1.18 bits per heavy atom. The molecular formula is C16H13N3O3. The van der Waals surface area contributed by atoms with Crippen LogP contribution in [-0.2, 0) is 13.0 Å². The lowest BCUT2D eigenvalue weighted by molar-refractivity contribution is 0.0689. The average molecular weight is 295 g/mol. The summed E-state index contributed by atoms with van der Waals surface area (Å²) in [5, 5.41) is 17.8. The Kier molecular flexibility index (Phi) is 2.82. The van der Waals surface area contributed by atoms with Gasteiger partial charge in [0, 0.05) is 30.5 Å². The fourth-order valence-corrected chi connectivity index (χ4v) is 2.83. The summed E-state index contributed by atoms with van der Waals surface area (Å²) in [6.07, 6.45) is 0.798. The maximum atomic E-state index is 10.8. The van der Waals surface area contributed by atoms with E-state index in [9.17, 15) is 4.79 Å². The third-order valence-corrected chi connectivity index (χ3v) is 3.93. The molecule has 0 saturated heterocycles. The van der Waals surface area contributed by atoms with Crippen LogP contribution in [0.1, 0.15) is 21.8 Å². The van der Waals surface area contributed by atoms with Crippen molar-refractivity contribution >= 4 is 22.8 Å². The summed E-state index contributed by atoms with van der Waals surface area (Å²) in [5.41, 5.74) is 2.03. The van der Waals surface area contributed by atoms with Crippen molar-refractivity contribution in [2.75, 3.05) is 11.4 Å². The van der Waals surface area contributed by atoms with Crippen LogP contribution in [0.3, 0.4) is 0 Å². The van der Waals surface area contributed by atoms with Crippen molar-refractivity contribution < 1.29 is 14.3 Å². The average Bonchev–Trinajstić information content (AvgIpc) is 2.92. The van der Waals surface area contributed by atoms with Gasteiger partial charge in [0.1, 0.15) is 11.3 Å². The van der Waals surface area contributed by atoms with Crippen molar-refractivity contribution in [3.8, 4) is 0 Å². The topological polar surface area (TPSA) is 79.5 Å². The van der Waals surface area contributed by atoms with Crippen LogP contribution in [-0.4, -0.2) is 27.8 Å². The number of carbonyl (C=O) groups is 1. The molecule has 0 radical (unpaired) electrons. The molecule has 4 rings (SSSR count). The molecule has 3 heterocycles. The first-order valence-corrected chi connectivity index (χ1v) is 7.03. The quantitative estimate of drug-likeness (QED) is 0.782. The van der Waals surface area contributed by atoms with Crippen LogP contribution in [0.25, 0.3) is 11.0 Å². The molecule has 0 saturated carbocycles. The highest BCUT2D eigenvalue weighted by Crippen LogP contribution is 2.31. The zero-order chi connectivity index (χ0) is 15.1. The molecule has 0 aliphatic carbocycles. The summed E-state index contributed by atoms with van der Waals surface area (Å²) < 4.78 is 5.88. The van der Waals surface area contributed by atoms with Crippen molar-refractivity contribution in [2.24, 2.45) is 0 Å². The Morgan fingerprint density at radius 3 is 2.82 bits per heavy atom. The molecule has 1 aliphatic heterocycles. The fraction of sp³-hybridized carbons (Fsp3) is 0.188. The highest BCUT2D eigenvalue weighted by molar-refractivity contribution is 5.85. The molecule has 0 spiro atoms. The molecule has 0 fully saturated rings. The van der Waals surface area contributed by atoms with Crippen molar-refractivity contribution in [1.82, 2.24) is 10.2 Å². The number of aromatic nitrogens is 2. The molecule has 1 aliphatic rings. The Hall–Kier alpha value is -2.89. The lowest BCUT2D eigenvalue weighted by Gasteiger charge is -2.26. The predicted molar refractivity (Wildman–Crippen MR) is 80.0 cm³/mol. The summed E-state index contributed by atoms with van der Waals surface area (Å²) in [4.78, 5) is 12.9. The molecule has 6 nitrogen and oxygen atoms in total. The third-order valence-electron chi connectivity index (χ3n) is 3.93. The van der Waals surface area contributed by atoms with E-state index >= 15 is 0 Å². The second-order valence-corrected chi connectivity index (χ2v) is 5.25. The van der Waals surface area contributed by atoms with Gasteiger partial charge in [-0.1, -0.05) is 18.2 Å². The second kappa shape index (κ2) is 4.84. The van der Waals surface area contributed by atoms with Crippen molar-refractivity contribution in [1.29, 1.82) is 0 Å². The monoisotopic (exact) mass is 295 g/mol. The van der Waals surface area contributed by atoms with Crippen LogP contribution >= 0.6 is 0 Å². The smallest absolute Gasteiger partial charge is 0.356 e. The lowest BCUT2D eigenvalue weighted by Crippen LogP contribution is -2.30. The van der Waals surface area contributed by atoms with Crippen molar-refractivity contribution in [2.45, 2.75) is 13.0 Å². The number of benzene rings is 1. The van der Waals surface area contributed by atoms with E-state index in [1.54, 1.807) is 6.07 Å². The summed E-state index contributed by atoms with van der Waals surface area (Å²) in [6, 6.07) is 11.2. The number of hydrogen-bond acceptors (Lipinski definition) is 5. The Morgan fingerprint density at radius 2 is 2.05 bits per heavy atom. The minimum absolute atomic E-state index is 0.0461. The molecule has 3 aromatic rings. The van der Waals surface area contributed by atoms with E-state index in [-0.39, 0.29) is 5.69 Å². The van der Waals surface area contributed by atoms with Crippen LogP contribution in [0.5, 0.6) is 0 Å². The van der Waals surface area contributed by atoms with Crippen LogP contribution < -0.4 is 4.90 Å². The summed E-state index contributed by atoms with van der Waals surface area (Å²) >= 11 is 0. The standard InChI is InChI=1S/C16H13N3O3/c20-16(21)12-5-6-15(18-17-12)19-8-7-14-11(9-19)10-3-1-2-4-13(10)22-14/h1-6H,7-9H2,(H,20,21). The largest absolute Gasteiger partial charge is 0.476 e. The zero-order valence-corrected chi connectivity index (χ0v) is 11.7. The van der Waals surface area contributed by atoms with Crippen molar-refractivity contribution in [3.05, 3.63) is 53.4 Å². The van der Waals surface area contributed by atoms with Gasteiger partial charge in [-0.2, -0.15) is 0 Å². The first kappa shape index (κ1) is 12.8. The maximum absolute atomic E-state index is 10.8. The van der Waals surface area contributed by atoms with E-state index in [0.29, 0.717) is 12.4 Å². The molecule has 110 valence electrons. The van der Waals surface area contributed by atoms with E-state index in [4.69, 9.17) is 9.52 Å². The fourth-order valence-electron chi connectivity index (χ4n) is 2.83. The molecule has 2 aromatic heterocycles. The number of hydrogen-bond donors (Lipinski definition) is 1. The molecule has 0 amide bonds. The van der Waals surface area contributed by atoms with Gasteiger partial charge in [-0.15, -0.1) is 10.2 Å². The molecule has 0 bridgehead atoms. The van der Waals surface area contributed by atoms with E-state index in [0.717, 1.165) is 29.7 Å². The number of nitrogens with zero attached hydrogens (tertiary/aromatic N) is 3. The van der Waals surface area contributed by atoms with Gasteiger partial charge in [0.15, 0.2) is 11.5 Å². The minimum Gasteiger partial charge on any atom is -0.476 e.